The Labute approximate surface area is 100 Å². The monoisotopic (exact) mass is 238 g/mol. The highest BCUT2D eigenvalue weighted by Crippen LogP contribution is 2.27. The van der Waals surface area contributed by atoms with Crippen LogP contribution in [0, 0.1) is 5.92 Å². The topological polar surface area (TPSA) is 42.9 Å². The zero-order valence-electron chi connectivity index (χ0n) is 9.74. The van der Waals surface area contributed by atoms with Crippen molar-refractivity contribution in [3.63, 3.8) is 0 Å². The lowest BCUT2D eigenvalue weighted by Gasteiger charge is -2.11. The lowest BCUT2D eigenvalue weighted by Crippen LogP contribution is -2.14. The molecule has 0 unspecified atom stereocenters. The molecule has 0 aromatic carbocycles. The first-order chi connectivity index (χ1) is 7.83. The predicted octanol–water partition coefficient (Wildman–Crippen LogP) is 3.25. The van der Waals surface area contributed by atoms with Crippen molar-refractivity contribution in [2.24, 2.45) is 5.92 Å². The molecule has 2 rings (SSSR count). The highest BCUT2D eigenvalue weighted by molar-refractivity contribution is 7.08. The average Bonchev–Trinajstić information content (AvgIpc) is 2.61. The Morgan fingerprint density at radius 1 is 1.31 bits per heavy atom. The molecule has 88 valence electrons. The van der Waals surface area contributed by atoms with Crippen LogP contribution in [0.25, 0.3) is 0 Å². The van der Waals surface area contributed by atoms with E-state index in [1.165, 1.54) is 37.2 Å². The summed E-state index contributed by atoms with van der Waals surface area (Å²) in [4.78, 5) is 13.1. The summed E-state index contributed by atoms with van der Waals surface area (Å²) in [6.45, 7) is 2.03. The molecule has 1 aromatic rings. The van der Waals surface area contributed by atoms with Crippen LogP contribution < -0.4 is 0 Å². The average molecular weight is 238 g/mol. The molecule has 1 fully saturated rings. The molecule has 1 aliphatic rings. The highest BCUT2D eigenvalue weighted by atomic mass is 32.1. The van der Waals surface area contributed by atoms with E-state index in [0.717, 1.165) is 29.8 Å². The minimum atomic E-state index is 0.232. The van der Waals surface area contributed by atoms with Crippen LogP contribution in [0.1, 0.15) is 60.8 Å². The van der Waals surface area contributed by atoms with Gasteiger partial charge in [0, 0.05) is 5.92 Å². The van der Waals surface area contributed by atoms with Gasteiger partial charge in [-0.25, -0.2) is 0 Å². The first-order valence-corrected chi connectivity index (χ1v) is 6.95. The molecule has 1 aromatic heterocycles. The van der Waals surface area contributed by atoms with Crippen molar-refractivity contribution in [1.29, 1.82) is 0 Å². The molecule has 0 amide bonds. The van der Waals surface area contributed by atoms with E-state index in [0.29, 0.717) is 5.78 Å². The predicted molar refractivity (Wildman–Crippen MR) is 64.8 cm³/mol. The fraction of sp³-hybridized carbons (Fsp3) is 0.750. The summed E-state index contributed by atoms with van der Waals surface area (Å²) < 4.78 is 3.90. The molecule has 1 saturated carbocycles. The van der Waals surface area contributed by atoms with E-state index >= 15 is 0 Å². The van der Waals surface area contributed by atoms with Gasteiger partial charge in [-0.3, -0.25) is 4.79 Å². The van der Waals surface area contributed by atoms with E-state index < -0.39 is 0 Å². The number of hydrogen-bond acceptors (Lipinski definition) is 4. The minimum Gasteiger partial charge on any atom is -0.293 e. The quantitative estimate of drug-likeness (QED) is 0.599. The summed E-state index contributed by atoms with van der Waals surface area (Å²) in [5, 5.41) is 4.02. The van der Waals surface area contributed by atoms with Crippen LogP contribution in [0.15, 0.2) is 0 Å². The van der Waals surface area contributed by atoms with Gasteiger partial charge < -0.3 is 0 Å². The van der Waals surface area contributed by atoms with Crippen molar-refractivity contribution >= 4 is 17.3 Å². The molecular formula is C12H18N2OS. The molecule has 0 N–H and O–H groups in total. The molecule has 0 atom stereocenters. The van der Waals surface area contributed by atoms with Gasteiger partial charge in [0.2, 0.25) is 0 Å². The Morgan fingerprint density at radius 2 is 2.00 bits per heavy atom. The molecule has 1 heterocycles. The number of Topliss-reactive ketones (excluding diaryl/α,β-unsaturated/α-hetero) is 1. The molecule has 0 radical (unpaired) electrons. The van der Waals surface area contributed by atoms with E-state index in [1.807, 2.05) is 6.92 Å². The first kappa shape index (κ1) is 11.7. The van der Waals surface area contributed by atoms with Crippen molar-refractivity contribution in [3.05, 3.63) is 10.6 Å². The molecule has 0 spiro atoms. The fourth-order valence-electron chi connectivity index (χ4n) is 2.35. The van der Waals surface area contributed by atoms with Gasteiger partial charge in [-0.2, -0.15) is 0 Å². The highest BCUT2D eigenvalue weighted by Gasteiger charge is 2.25. The van der Waals surface area contributed by atoms with E-state index in [1.54, 1.807) is 0 Å². The van der Waals surface area contributed by atoms with Gasteiger partial charge in [0.15, 0.2) is 5.78 Å². The maximum absolute atomic E-state index is 12.3. The summed E-state index contributed by atoms with van der Waals surface area (Å²) in [5.41, 5.74) is 0.888. The second kappa shape index (κ2) is 5.53. The van der Waals surface area contributed by atoms with Crippen molar-refractivity contribution < 1.29 is 4.79 Å². The number of ketones is 1. The van der Waals surface area contributed by atoms with Crippen molar-refractivity contribution in [2.45, 2.75) is 51.9 Å². The van der Waals surface area contributed by atoms with Crippen LogP contribution >= 0.6 is 11.5 Å². The molecule has 0 aliphatic heterocycles. The Bertz CT molecular complexity index is 354. The van der Waals surface area contributed by atoms with E-state index in [4.69, 9.17) is 0 Å². The Balaban J connectivity index is 2.11. The summed E-state index contributed by atoms with van der Waals surface area (Å²) in [6.07, 6.45) is 7.88. The lowest BCUT2D eigenvalue weighted by molar-refractivity contribution is 0.0911. The number of hydrogen-bond donors (Lipinski definition) is 0. The Morgan fingerprint density at radius 3 is 2.62 bits per heavy atom. The van der Waals surface area contributed by atoms with Gasteiger partial charge in [0.05, 0.1) is 5.69 Å². The van der Waals surface area contributed by atoms with Gasteiger partial charge >= 0.3 is 0 Å². The maximum Gasteiger partial charge on any atom is 0.179 e. The van der Waals surface area contributed by atoms with E-state index in [9.17, 15) is 4.79 Å². The van der Waals surface area contributed by atoms with Crippen LogP contribution in [-0.2, 0) is 6.42 Å². The van der Waals surface area contributed by atoms with Crippen molar-refractivity contribution in [3.8, 4) is 0 Å². The van der Waals surface area contributed by atoms with E-state index in [2.05, 4.69) is 9.59 Å². The van der Waals surface area contributed by atoms with Gasteiger partial charge in [0.25, 0.3) is 0 Å². The smallest absolute Gasteiger partial charge is 0.179 e. The number of carbonyl (C=O) groups excluding carboxylic acids is 1. The SMILES string of the molecule is CCc1nnsc1C(=O)C1CCCCCC1. The first-order valence-electron chi connectivity index (χ1n) is 6.18. The Kier molecular flexibility index (Phi) is 4.04. The lowest BCUT2D eigenvalue weighted by atomic mass is 9.94. The van der Waals surface area contributed by atoms with Crippen LogP contribution in [-0.4, -0.2) is 15.4 Å². The third-order valence-corrected chi connectivity index (χ3v) is 4.12. The van der Waals surface area contributed by atoms with Gasteiger partial charge in [-0.05, 0) is 30.8 Å². The van der Waals surface area contributed by atoms with E-state index in [-0.39, 0.29) is 5.92 Å². The third-order valence-electron chi connectivity index (χ3n) is 3.34. The fourth-order valence-corrected chi connectivity index (χ4v) is 3.12. The second-order valence-corrected chi connectivity index (χ2v) is 5.21. The van der Waals surface area contributed by atoms with Crippen LogP contribution in [0.2, 0.25) is 0 Å². The summed E-state index contributed by atoms with van der Waals surface area (Å²) in [7, 11) is 0. The second-order valence-electron chi connectivity index (χ2n) is 4.46. The van der Waals surface area contributed by atoms with Crippen LogP contribution in [0.4, 0.5) is 0 Å². The number of aryl methyl sites for hydroxylation is 1. The summed E-state index contributed by atoms with van der Waals surface area (Å²) in [6, 6.07) is 0. The molecule has 0 bridgehead atoms. The van der Waals surface area contributed by atoms with Gasteiger partial charge in [0.1, 0.15) is 4.88 Å². The molecule has 1 aliphatic carbocycles. The van der Waals surface area contributed by atoms with Gasteiger partial charge in [-0.1, -0.05) is 37.1 Å². The standard InChI is InChI=1S/C12H18N2OS/c1-2-10-12(16-14-13-10)11(15)9-7-5-3-4-6-8-9/h9H,2-8H2,1H3. The van der Waals surface area contributed by atoms with Crippen molar-refractivity contribution in [1.82, 2.24) is 9.59 Å². The van der Waals surface area contributed by atoms with Crippen molar-refractivity contribution in [2.75, 3.05) is 0 Å². The number of rotatable bonds is 3. The number of nitrogens with zero attached hydrogens (tertiary/aromatic N) is 2. The third kappa shape index (κ3) is 2.48. The number of aromatic nitrogens is 2. The molecular weight excluding hydrogens is 220 g/mol. The maximum atomic E-state index is 12.3. The molecule has 3 nitrogen and oxygen atoms in total. The van der Waals surface area contributed by atoms with Gasteiger partial charge in [-0.15, -0.1) is 5.10 Å². The zero-order valence-corrected chi connectivity index (χ0v) is 10.6. The van der Waals surface area contributed by atoms with Crippen LogP contribution in [0.3, 0.4) is 0 Å². The largest absolute Gasteiger partial charge is 0.293 e. The van der Waals surface area contributed by atoms with Crippen LogP contribution in [0.5, 0.6) is 0 Å². The Hall–Kier alpha value is -0.770. The molecule has 4 heteroatoms. The minimum absolute atomic E-state index is 0.232. The molecule has 16 heavy (non-hydrogen) atoms. The zero-order chi connectivity index (χ0) is 11.4. The summed E-state index contributed by atoms with van der Waals surface area (Å²) >= 11 is 1.27. The molecule has 0 saturated heterocycles. The normalized spacial score (nSPS) is 18.3. The summed E-state index contributed by atoms with van der Waals surface area (Å²) in [5.74, 6) is 0.531. The number of carbonyl (C=O) groups is 1.